The average Bonchev–Trinajstić information content (AvgIpc) is 2.33. The molecule has 106 valence electrons. The van der Waals surface area contributed by atoms with Crippen molar-refractivity contribution in [1.29, 1.82) is 0 Å². The lowest BCUT2D eigenvalue weighted by Gasteiger charge is -2.10. The largest absolute Gasteiger partial charge is 0.399 e. The number of nitrogens with two attached hydrogens (primary N) is 1. The maximum atomic E-state index is 13.4. The molecule has 0 radical (unpaired) electrons. The van der Waals surface area contributed by atoms with Crippen LogP contribution in [0.5, 0.6) is 0 Å². The van der Waals surface area contributed by atoms with E-state index in [2.05, 4.69) is 20.7 Å². The predicted molar refractivity (Wildman–Crippen MR) is 80.5 cm³/mol. The minimum atomic E-state index is -3.81. The number of nitrogen functional groups attached to an aromatic ring is 1. The summed E-state index contributed by atoms with van der Waals surface area (Å²) >= 11 is 3.15. The minimum Gasteiger partial charge on any atom is -0.399 e. The van der Waals surface area contributed by atoms with Crippen molar-refractivity contribution in [2.24, 2.45) is 0 Å². The lowest BCUT2D eigenvalue weighted by molar-refractivity contribution is 0.600. The Morgan fingerprint density at radius 3 is 2.50 bits per heavy atom. The molecule has 0 heterocycles. The molecule has 0 bridgehead atoms. The summed E-state index contributed by atoms with van der Waals surface area (Å²) < 4.78 is 40.5. The summed E-state index contributed by atoms with van der Waals surface area (Å²) in [6, 6.07) is 8.50. The molecule has 0 aliphatic carbocycles. The maximum Gasteiger partial charge on any atom is 0.263 e. The van der Waals surface area contributed by atoms with Crippen LogP contribution < -0.4 is 10.5 Å². The number of aryl methyl sites for hydroxylation is 1. The summed E-state index contributed by atoms with van der Waals surface area (Å²) in [6.45, 7) is 1.60. The molecule has 7 heteroatoms. The van der Waals surface area contributed by atoms with Gasteiger partial charge in [-0.05, 0) is 58.7 Å². The minimum absolute atomic E-state index is 0.0349. The monoisotopic (exact) mass is 358 g/mol. The molecule has 4 nitrogen and oxygen atoms in total. The molecule has 0 saturated carbocycles. The summed E-state index contributed by atoms with van der Waals surface area (Å²) in [5.41, 5.74) is 6.62. The fourth-order valence-corrected chi connectivity index (χ4v) is 3.75. The molecule has 0 saturated heterocycles. The number of benzene rings is 2. The standard InChI is InChI=1S/C13H12BrFN2O2S/c1-8-2-4-10(7-12(8)15)17-20(18,19)13-5-3-9(16)6-11(13)14/h2-7,17H,16H2,1H3. The van der Waals surface area contributed by atoms with Gasteiger partial charge in [-0.25, -0.2) is 12.8 Å². The first-order valence-corrected chi connectivity index (χ1v) is 7.91. The van der Waals surface area contributed by atoms with Gasteiger partial charge in [0, 0.05) is 10.2 Å². The highest BCUT2D eigenvalue weighted by Crippen LogP contribution is 2.26. The van der Waals surface area contributed by atoms with Crippen molar-refractivity contribution in [3.8, 4) is 0 Å². The van der Waals surface area contributed by atoms with Crippen molar-refractivity contribution >= 4 is 37.3 Å². The molecule has 3 N–H and O–H groups in total. The van der Waals surface area contributed by atoms with Crippen LogP contribution in [0.1, 0.15) is 5.56 Å². The zero-order chi connectivity index (χ0) is 14.9. The number of hydrogen-bond acceptors (Lipinski definition) is 3. The Morgan fingerprint density at radius 1 is 1.20 bits per heavy atom. The first kappa shape index (κ1) is 14.8. The molecule has 0 spiro atoms. The summed E-state index contributed by atoms with van der Waals surface area (Å²) in [5, 5.41) is 0. The van der Waals surface area contributed by atoms with Gasteiger partial charge in [-0.1, -0.05) is 6.07 Å². The lowest BCUT2D eigenvalue weighted by atomic mass is 10.2. The van der Waals surface area contributed by atoms with E-state index in [4.69, 9.17) is 5.73 Å². The van der Waals surface area contributed by atoms with Gasteiger partial charge >= 0.3 is 0 Å². The van der Waals surface area contributed by atoms with Gasteiger partial charge in [0.1, 0.15) is 10.7 Å². The summed E-state index contributed by atoms with van der Waals surface area (Å²) in [4.78, 5) is 0.0349. The van der Waals surface area contributed by atoms with Gasteiger partial charge in [0.25, 0.3) is 10.0 Å². The van der Waals surface area contributed by atoms with E-state index >= 15 is 0 Å². The summed E-state index contributed by atoms with van der Waals surface area (Å²) in [6.07, 6.45) is 0. The van der Waals surface area contributed by atoms with Gasteiger partial charge in [-0.2, -0.15) is 0 Å². The van der Waals surface area contributed by atoms with Crippen molar-refractivity contribution < 1.29 is 12.8 Å². The average molecular weight is 359 g/mol. The van der Waals surface area contributed by atoms with Crippen molar-refractivity contribution in [3.63, 3.8) is 0 Å². The third kappa shape index (κ3) is 3.10. The lowest BCUT2D eigenvalue weighted by Crippen LogP contribution is -2.14. The van der Waals surface area contributed by atoms with Crippen LogP contribution in [0.25, 0.3) is 0 Å². The highest BCUT2D eigenvalue weighted by atomic mass is 79.9. The van der Waals surface area contributed by atoms with Crippen LogP contribution in [-0.4, -0.2) is 8.42 Å². The zero-order valence-electron chi connectivity index (χ0n) is 10.5. The normalized spacial score (nSPS) is 11.3. The van der Waals surface area contributed by atoms with Crippen molar-refractivity contribution in [1.82, 2.24) is 0 Å². The zero-order valence-corrected chi connectivity index (χ0v) is 12.9. The first-order valence-electron chi connectivity index (χ1n) is 5.63. The Morgan fingerprint density at radius 2 is 1.90 bits per heavy atom. The van der Waals surface area contributed by atoms with Crippen LogP contribution in [0, 0.1) is 12.7 Å². The molecule has 0 fully saturated rings. The van der Waals surface area contributed by atoms with Crippen molar-refractivity contribution in [2.45, 2.75) is 11.8 Å². The highest BCUT2D eigenvalue weighted by Gasteiger charge is 2.18. The van der Waals surface area contributed by atoms with Crippen LogP contribution in [0.2, 0.25) is 0 Å². The fourth-order valence-electron chi connectivity index (χ4n) is 1.60. The number of hydrogen-bond donors (Lipinski definition) is 2. The topological polar surface area (TPSA) is 72.2 Å². The molecule has 2 aromatic rings. The summed E-state index contributed by atoms with van der Waals surface area (Å²) in [7, 11) is -3.81. The van der Waals surface area contributed by atoms with E-state index in [1.165, 1.54) is 30.3 Å². The van der Waals surface area contributed by atoms with Crippen LogP contribution >= 0.6 is 15.9 Å². The molecular formula is C13H12BrFN2O2S. The van der Waals surface area contributed by atoms with E-state index in [9.17, 15) is 12.8 Å². The van der Waals surface area contributed by atoms with Crippen molar-refractivity contribution in [3.05, 3.63) is 52.3 Å². The van der Waals surface area contributed by atoms with E-state index < -0.39 is 15.8 Å². The SMILES string of the molecule is Cc1ccc(NS(=O)(=O)c2ccc(N)cc2Br)cc1F. The Labute approximate surface area is 125 Å². The summed E-state index contributed by atoms with van der Waals surface area (Å²) in [5.74, 6) is -0.471. The second-order valence-electron chi connectivity index (χ2n) is 4.26. The van der Waals surface area contributed by atoms with Crippen LogP contribution in [-0.2, 0) is 10.0 Å². The molecule has 2 rings (SSSR count). The fraction of sp³-hybridized carbons (Fsp3) is 0.0769. The highest BCUT2D eigenvalue weighted by molar-refractivity contribution is 9.10. The van der Waals surface area contributed by atoms with Crippen molar-refractivity contribution in [2.75, 3.05) is 10.5 Å². The molecule has 2 aromatic carbocycles. The van der Waals surface area contributed by atoms with E-state index in [1.54, 1.807) is 6.92 Å². The van der Waals surface area contributed by atoms with Gasteiger partial charge in [-0.15, -0.1) is 0 Å². The quantitative estimate of drug-likeness (QED) is 0.827. The first-order chi connectivity index (χ1) is 9.29. The second-order valence-corrected chi connectivity index (χ2v) is 6.76. The number of sulfonamides is 1. The van der Waals surface area contributed by atoms with E-state index in [0.717, 1.165) is 6.07 Å². The molecule has 0 aromatic heterocycles. The Kier molecular flexibility index (Phi) is 4.01. The molecule has 0 atom stereocenters. The molecule has 0 aliphatic heterocycles. The molecular weight excluding hydrogens is 347 g/mol. The third-order valence-electron chi connectivity index (χ3n) is 2.67. The van der Waals surface area contributed by atoms with Crippen LogP contribution in [0.4, 0.5) is 15.8 Å². The smallest absolute Gasteiger partial charge is 0.263 e. The number of anilines is 2. The van der Waals surface area contributed by atoms with Gasteiger partial charge in [0.2, 0.25) is 0 Å². The number of rotatable bonds is 3. The number of halogens is 2. The van der Waals surface area contributed by atoms with Crippen LogP contribution in [0.15, 0.2) is 45.8 Å². The maximum absolute atomic E-state index is 13.4. The second kappa shape index (κ2) is 5.41. The third-order valence-corrected chi connectivity index (χ3v) is 5.03. The van der Waals surface area contributed by atoms with E-state index in [-0.39, 0.29) is 10.6 Å². The molecule has 0 aliphatic rings. The molecule has 0 amide bonds. The molecule has 0 unspecified atom stereocenters. The number of nitrogens with one attached hydrogen (secondary N) is 1. The Bertz CT molecular complexity index is 763. The van der Waals surface area contributed by atoms with Gasteiger partial charge in [0.15, 0.2) is 0 Å². The van der Waals surface area contributed by atoms with Gasteiger partial charge < -0.3 is 5.73 Å². The van der Waals surface area contributed by atoms with E-state index in [1.807, 2.05) is 0 Å². The Hall–Kier alpha value is -1.60. The molecule has 20 heavy (non-hydrogen) atoms. The van der Waals surface area contributed by atoms with E-state index in [0.29, 0.717) is 15.7 Å². The van der Waals surface area contributed by atoms with Crippen LogP contribution in [0.3, 0.4) is 0 Å². The predicted octanol–water partition coefficient (Wildman–Crippen LogP) is 3.28. The Balaban J connectivity index is 2.38. The van der Waals surface area contributed by atoms with Gasteiger partial charge in [0.05, 0.1) is 5.69 Å². The van der Waals surface area contributed by atoms with Gasteiger partial charge in [-0.3, -0.25) is 4.72 Å².